The van der Waals surface area contributed by atoms with Gasteiger partial charge >= 0.3 is 0 Å². The predicted octanol–water partition coefficient (Wildman–Crippen LogP) is 8.09. The molecule has 0 bridgehead atoms. The van der Waals surface area contributed by atoms with Crippen LogP contribution in [-0.2, 0) is 13.1 Å². The van der Waals surface area contributed by atoms with Crippen LogP contribution in [0.4, 0.5) is 0 Å². The fraction of sp³-hybridized carbons (Fsp3) is 0.133. The monoisotopic (exact) mass is 642 g/mol. The summed E-state index contributed by atoms with van der Waals surface area (Å²) in [5.74, 6) is -0.132. The molecule has 2 aromatic heterocycles. The average Bonchev–Trinajstić information content (AvgIpc) is 3.52. The molecular weight excluding hydrogens is 622 g/mol. The molecule has 0 aliphatic rings. The van der Waals surface area contributed by atoms with Gasteiger partial charge in [0.2, 0.25) is 0 Å². The second-order valence-corrected chi connectivity index (χ2v) is 10.9. The van der Waals surface area contributed by atoms with Crippen molar-refractivity contribution in [2.45, 2.75) is 26.9 Å². The molecule has 0 atom stereocenters. The molecule has 0 fully saturated rings. The van der Waals surface area contributed by atoms with Crippen molar-refractivity contribution in [2.75, 3.05) is 0 Å². The van der Waals surface area contributed by atoms with Crippen LogP contribution in [0.15, 0.2) is 69.7 Å². The molecule has 2 amide bonds. The third-order valence-corrected chi connectivity index (χ3v) is 7.74. The quantitative estimate of drug-likeness (QED) is 0.177. The Labute approximate surface area is 260 Å². The first-order valence-electron chi connectivity index (χ1n) is 12.6. The van der Waals surface area contributed by atoms with Crippen LogP contribution >= 0.6 is 46.4 Å². The van der Waals surface area contributed by atoms with Gasteiger partial charge in [-0.25, -0.2) is 0 Å². The Balaban J connectivity index is 1.28. The van der Waals surface area contributed by atoms with Crippen molar-refractivity contribution >= 4 is 58.2 Å². The van der Waals surface area contributed by atoms with E-state index in [1.54, 1.807) is 50.2 Å². The van der Waals surface area contributed by atoms with Gasteiger partial charge in [0.1, 0.15) is 34.0 Å². The molecule has 5 aromatic rings. The lowest BCUT2D eigenvalue weighted by molar-refractivity contribution is 0.0942. The first kappa shape index (κ1) is 29.7. The van der Waals surface area contributed by atoms with Gasteiger partial charge in [-0.15, -0.1) is 0 Å². The van der Waals surface area contributed by atoms with Crippen LogP contribution in [0.3, 0.4) is 0 Å². The second-order valence-electron chi connectivity index (χ2n) is 9.30. The summed E-state index contributed by atoms with van der Waals surface area (Å²) >= 11 is 25.4. The minimum atomic E-state index is -0.396. The van der Waals surface area contributed by atoms with Crippen molar-refractivity contribution in [1.82, 2.24) is 20.9 Å². The Bertz CT molecular complexity index is 1650. The number of carbonyl (C=O) groups excluding carboxylic acids is 2. The summed E-state index contributed by atoms with van der Waals surface area (Å²) in [6.07, 6.45) is 0. The number of nitrogens with zero attached hydrogens (tertiary/aromatic N) is 2. The highest BCUT2D eigenvalue weighted by Gasteiger charge is 2.26. The number of halogens is 4. The number of carbonyl (C=O) groups is 2. The van der Waals surface area contributed by atoms with Crippen LogP contribution in [0, 0.1) is 13.8 Å². The molecule has 0 radical (unpaired) electrons. The minimum Gasteiger partial charge on any atom is -0.360 e. The Morgan fingerprint density at radius 3 is 1.38 bits per heavy atom. The van der Waals surface area contributed by atoms with Crippen molar-refractivity contribution in [3.05, 3.63) is 115 Å². The molecule has 12 heteroatoms. The van der Waals surface area contributed by atoms with E-state index in [1.165, 1.54) is 0 Å². The molecule has 8 nitrogen and oxygen atoms in total. The van der Waals surface area contributed by atoms with Gasteiger partial charge in [-0.3, -0.25) is 9.59 Å². The number of benzene rings is 3. The van der Waals surface area contributed by atoms with E-state index in [0.717, 1.165) is 11.1 Å². The summed E-state index contributed by atoms with van der Waals surface area (Å²) in [7, 11) is 0. The maximum atomic E-state index is 13.2. The number of rotatable bonds is 8. The van der Waals surface area contributed by atoms with E-state index in [9.17, 15) is 9.59 Å². The van der Waals surface area contributed by atoms with Crippen LogP contribution in [0.25, 0.3) is 22.5 Å². The topological polar surface area (TPSA) is 110 Å². The lowest BCUT2D eigenvalue weighted by atomic mass is 10.0. The Kier molecular flexibility index (Phi) is 8.89. The summed E-state index contributed by atoms with van der Waals surface area (Å²) in [5, 5.41) is 15.2. The smallest absolute Gasteiger partial charge is 0.257 e. The van der Waals surface area contributed by atoms with E-state index >= 15 is 0 Å². The summed E-state index contributed by atoms with van der Waals surface area (Å²) in [5.41, 5.74) is 3.47. The van der Waals surface area contributed by atoms with Crippen LogP contribution in [0.2, 0.25) is 20.1 Å². The van der Waals surface area contributed by atoms with Gasteiger partial charge < -0.3 is 19.7 Å². The van der Waals surface area contributed by atoms with E-state index in [1.807, 2.05) is 24.3 Å². The van der Waals surface area contributed by atoms with Gasteiger partial charge in [0.25, 0.3) is 11.8 Å². The second kappa shape index (κ2) is 12.6. The van der Waals surface area contributed by atoms with E-state index < -0.39 is 11.8 Å². The van der Waals surface area contributed by atoms with Gasteiger partial charge in [-0.05, 0) is 49.2 Å². The summed E-state index contributed by atoms with van der Waals surface area (Å²) in [6, 6.07) is 17.5. The highest BCUT2D eigenvalue weighted by molar-refractivity contribution is 6.40. The van der Waals surface area contributed by atoms with Crippen LogP contribution < -0.4 is 10.6 Å². The molecule has 0 unspecified atom stereocenters. The maximum Gasteiger partial charge on any atom is 0.257 e. The summed E-state index contributed by atoms with van der Waals surface area (Å²) in [4.78, 5) is 26.4. The number of aryl methyl sites for hydroxylation is 2. The normalized spacial score (nSPS) is 11.0. The zero-order valence-electron chi connectivity index (χ0n) is 22.2. The molecule has 0 saturated heterocycles. The zero-order valence-corrected chi connectivity index (χ0v) is 25.3. The summed E-state index contributed by atoms with van der Waals surface area (Å²) < 4.78 is 10.6. The number of hydrogen-bond acceptors (Lipinski definition) is 6. The molecule has 0 aliphatic carbocycles. The molecule has 3 aromatic carbocycles. The van der Waals surface area contributed by atoms with Crippen molar-refractivity contribution in [1.29, 1.82) is 0 Å². The third-order valence-electron chi connectivity index (χ3n) is 6.48. The van der Waals surface area contributed by atoms with Crippen LogP contribution in [-0.4, -0.2) is 22.1 Å². The highest BCUT2D eigenvalue weighted by Crippen LogP contribution is 2.38. The maximum absolute atomic E-state index is 13.2. The molecule has 0 saturated carbocycles. The van der Waals surface area contributed by atoms with E-state index in [4.69, 9.17) is 55.4 Å². The van der Waals surface area contributed by atoms with Gasteiger partial charge in [0.05, 0.1) is 20.1 Å². The van der Waals surface area contributed by atoms with Crippen LogP contribution in [0.1, 0.15) is 43.4 Å². The third kappa shape index (κ3) is 6.03. The minimum absolute atomic E-state index is 0.209. The Morgan fingerprint density at radius 2 is 1.00 bits per heavy atom. The number of hydrogen-bond donors (Lipinski definition) is 2. The Morgan fingerprint density at radius 1 is 0.643 bits per heavy atom. The molecule has 42 heavy (non-hydrogen) atoms. The number of amides is 2. The molecule has 214 valence electrons. The summed E-state index contributed by atoms with van der Waals surface area (Å²) in [6.45, 7) is 3.70. The zero-order chi connectivity index (χ0) is 30.0. The van der Waals surface area contributed by atoms with Crippen molar-refractivity contribution in [2.24, 2.45) is 0 Å². The fourth-order valence-electron chi connectivity index (χ4n) is 4.46. The van der Waals surface area contributed by atoms with Crippen molar-refractivity contribution in [3.8, 4) is 22.5 Å². The number of nitrogens with one attached hydrogen (secondary N) is 2. The van der Waals surface area contributed by atoms with Gasteiger partial charge in [-0.1, -0.05) is 93.1 Å². The average molecular weight is 644 g/mol. The van der Waals surface area contributed by atoms with Gasteiger partial charge in [0, 0.05) is 24.2 Å². The predicted molar refractivity (Wildman–Crippen MR) is 162 cm³/mol. The molecular formula is C30H22Cl4N4O4. The molecule has 0 aliphatic heterocycles. The first-order chi connectivity index (χ1) is 20.2. The van der Waals surface area contributed by atoms with Gasteiger partial charge in [-0.2, -0.15) is 0 Å². The molecule has 2 heterocycles. The van der Waals surface area contributed by atoms with Gasteiger partial charge in [0.15, 0.2) is 0 Å². The van der Waals surface area contributed by atoms with E-state index in [2.05, 4.69) is 20.9 Å². The van der Waals surface area contributed by atoms with Crippen LogP contribution in [0.5, 0.6) is 0 Å². The lowest BCUT2D eigenvalue weighted by Gasteiger charge is -2.10. The number of aromatic nitrogens is 2. The van der Waals surface area contributed by atoms with Crippen molar-refractivity contribution in [3.63, 3.8) is 0 Å². The molecule has 0 spiro atoms. The highest BCUT2D eigenvalue weighted by atomic mass is 35.5. The SMILES string of the molecule is Cc1onc(-c2c(Cl)cccc2Cl)c1C(=O)NCc1cccc(CNC(=O)c2c(-c3c(Cl)cccc3Cl)noc2C)c1. The fourth-order valence-corrected chi connectivity index (χ4v) is 5.61. The van der Waals surface area contributed by atoms with E-state index in [0.29, 0.717) is 42.7 Å². The standard InChI is InChI=1S/C30H22Cl4N4O4/c1-15-23(27(37-41-15)25-19(31)8-4-9-20(25)32)29(39)35-13-17-6-3-7-18(12-17)14-36-30(40)24-16(2)42-38-28(24)26-21(33)10-5-11-22(26)34/h3-12H,13-14H2,1-2H3,(H,35,39)(H,36,40). The molecule has 5 rings (SSSR count). The molecule has 2 N–H and O–H groups in total. The lowest BCUT2D eigenvalue weighted by Crippen LogP contribution is -2.25. The van der Waals surface area contributed by atoms with E-state index in [-0.39, 0.29) is 35.6 Å². The van der Waals surface area contributed by atoms with Crippen molar-refractivity contribution < 1.29 is 18.6 Å². The largest absolute Gasteiger partial charge is 0.360 e. The Hall–Kier alpha value is -3.82. The first-order valence-corrected chi connectivity index (χ1v) is 14.1.